The first-order valence-corrected chi connectivity index (χ1v) is 9.98. The maximum Gasteiger partial charge on any atom is 0.352 e. The number of amides is 1. The summed E-state index contributed by atoms with van der Waals surface area (Å²) in [4.78, 5) is 29.0. The van der Waals surface area contributed by atoms with E-state index in [2.05, 4.69) is 19.9 Å². The number of carbonyl (C=O) groups is 2. The summed E-state index contributed by atoms with van der Waals surface area (Å²) in [6.07, 6.45) is 0.795. The largest absolute Gasteiger partial charge is 0.455 e. The van der Waals surface area contributed by atoms with Crippen molar-refractivity contribution in [3.8, 4) is 0 Å². The fourth-order valence-electron chi connectivity index (χ4n) is 2.28. The molecular weight excluding hydrogens is 384 g/mol. The first kappa shape index (κ1) is 19.1. The maximum absolute atomic E-state index is 12.1. The molecule has 2 heterocycles. The molecule has 140 valence electrons. The summed E-state index contributed by atoms with van der Waals surface area (Å²) in [5.41, 5.74) is 3.13. The number of hydrogen-bond acceptors (Lipinski definition) is 8. The molecule has 27 heavy (non-hydrogen) atoms. The van der Waals surface area contributed by atoms with Gasteiger partial charge in [0.2, 0.25) is 5.91 Å². The van der Waals surface area contributed by atoms with Crippen LogP contribution in [0.2, 0.25) is 0 Å². The zero-order chi connectivity index (χ0) is 19.2. The van der Waals surface area contributed by atoms with Gasteiger partial charge in [0.15, 0.2) is 4.88 Å². The first-order valence-electron chi connectivity index (χ1n) is 8.33. The summed E-state index contributed by atoms with van der Waals surface area (Å²) in [6.45, 7) is 3.95. The lowest BCUT2D eigenvalue weighted by Crippen LogP contribution is -2.14. The molecule has 3 rings (SSSR count). The number of ether oxygens (including phenoxy) is 1. The third kappa shape index (κ3) is 5.18. The number of hydrogen-bond donors (Lipinski definition) is 1. The van der Waals surface area contributed by atoms with E-state index in [0.717, 1.165) is 22.8 Å². The molecule has 1 N–H and O–H groups in total. The summed E-state index contributed by atoms with van der Waals surface area (Å²) >= 11 is 2.39. The van der Waals surface area contributed by atoms with E-state index in [0.29, 0.717) is 27.7 Å². The normalized spacial score (nSPS) is 10.6. The molecule has 0 fully saturated rings. The second-order valence-corrected chi connectivity index (χ2v) is 7.50. The molecule has 2 aromatic heterocycles. The van der Waals surface area contributed by atoms with Crippen LogP contribution in [0.15, 0.2) is 29.6 Å². The van der Waals surface area contributed by atoms with Gasteiger partial charge in [-0.25, -0.2) is 9.78 Å². The van der Waals surface area contributed by atoms with Gasteiger partial charge in [-0.2, -0.15) is 0 Å². The van der Waals surface area contributed by atoms with Crippen LogP contribution in [0.1, 0.15) is 38.6 Å². The fraction of sp³-hybridized carbons (Fsp3) is 0.278. The van der Waals surface area contributed by atoms with E-state index >= 15 is 0 Å². The van der Waals surface area contributed by atoms with E-state index in [4.69, 9.17) is 4.74 Å². The maximum atomic E-state index is 12.1. The first-order chi connectivity index (χ1) is 13.0. The lowest BCUT2D eigenvalue weighted by atomic mass is 10.2. The lowest BCUT2D eigenvalue weighted by molar-refractivity contribution is -0.115. The number of esters is 1. The molecule has 0 aliphatic rings. The minimum absolute atomic E-state index is 0.0516. The van der Waals surface area contributed by atoms with Crippen LogP contribution >= 0.6 is 22.9 Å². The van der Waals surface area contributed by atoms with E-state index in [1.807, 2.05) is 38.1 Å². The van der Waals surface area contributed by atoms with E-state index < -0.39 is 5.97 Å². The van der Waals surface area contributed by atoms with Crippen LogP contribution in [-0.2, 0) is 29.0 Å². The highest BCUT2D eigenvalue weighted by Gasteiger charge is 2.17. The quantitative estimate of drug-likeness (QED) is 0.609. The second kappa shape index (κ2) is 8.83. The Kier molecular flexibility index (Phi) is 6.25. The van der Waals surface area contributed by atoms with Crippen molar-refractivity contribution in [1.29, 1.82) is 0 Å². The fourth-order valence-corrected chi connectivity index (χ4v) is 3.70. The highest BCUT2D eigenvalue weighted by molar-refractivity contribution is 7.09. The van der Waals surface area contributed by atoms with Crippen molar-refractivity contribution in [2.24, 2.45) is 0 Å². The van der Waals surface area contributed by atoms with Gasteiger partial charge in [0.25, 0.3) is 0 Å². The van der Waals surface area contributed by atoms with E-state index in [1.54, 1.807) is 5.38 Å². The van der Waals surface area contributed by atoms with Gasteiger partial charge in [0.1, 0.15) is 11.6 Å². The number of thiazole rings is 1. The van der Waals surface area contributed by atoms with Crippen LogP contribution < -0.4 is 5.32 Å². The van der Waals surface area contributed by atoms with Gasteiger partial charge in [-0.15, -0.1) is 16.4 Å². The molecule has 3 aromatic rings. The van der Waals surface area contributed by atoms with Crippen molar-refractivity contribution in [1.82, 2.24) is 14.6 Å². The minimum Gasteiger partial charge on any atom is -0.455 e. The van der Waals surface area contributed by atoms with Gasteiger partial charge >= 0.3 is 5.97 Å². The molecule has 1 aromatic carbocycles. The van der Waals surface area contributed by atoms with Crippen molar-refractivity contribution in [2.45, 2.75) is 33.3 Å². The summed E-state index contributed by atoms with van der Waals surface area (Å²) in [6, 6.07) is 7.60. The number of aryl methyl sites for hydroxylation is 2. The van der Waals surface area contributed by atoms with Gasteiger partial charge in [0.05, 0.1) is 17.8 Å². The smallest absolute Gasteiger partial charge is 0.352 e. The van der Waals surface area contributed by atoms with Crippen molar-refractivity contribution in [3.05, 3.63) is 56.5 Å². The van der Waals surface area contributed by atoms with Gasteiger partial charge in [-0.3, -0.25) is 4.79 Å². The predicted molar refractivity (Wildman–Crippen MR) is 104 cm³/mol. The van der Waals surface area contributed by atoms with Crippen molar-refractivity contribution < 1.29 is 14.3 Å². The van der Waals surface area contributed by atoms with Crippen LogP contribution in [0, 0.1) is 6.92 Å². The Labute approximate surface area is 164 Å². The molecule has 1 amide bonds. The Hall–Kier alpha value is -2.65. The van der Waals surface area contributed by atoms with Gasteiger partial charge < -0.3 is 10.1 Å². The minimum atomic E-state index is -0.450. The van der Waals surface area contributed by atoms with Crippen LogP contribution in [0.5, 0.6) is 0 Å². The SMILES string of the molecule is CCc1nnsc1C(=O)OCc1csc(CC(=O)Nc2ccc(C)cc2)n1. The molecule has 0 bridgehead atoms. The highest BCUT2D eigenvalue weighted by Crippen LogP contribution is 2.16. The highest BCUT2D eigenvalue weighted by atomic mass is 32.1. The van der Waals surface area contributed by atoms with E-state index in [1.165, 1.54) is 11.3 Å². The topological polar surface area (TPSA) is 94.1 Å². The summed E-state index contributed by atoms with van der Waals surface area (Å²) in [5, 5.41) is 9.19. The number of nitrogens with one attached hydrogen (secondary N) is 1. The second-order valence-electron chi connectivity index (χ2n) is 5.80. The molecule has 0 unspecified atom stereocenters. The van der Waals surface area contributed by atoms with Crippen LogP contribution in [0.4, 0.5) is 5.69 Å². The zero-order valence-corrected chi connectivity index (χ0v) is 16.5. The zero-order valence-electron chi connectivity index (χ0n) is 14.9. The number of rotatable bonds is 7. The third-order valence-electron chi connectivity index (χ3n) is 3.67. The average molecular weight is 403 g/mol. The Bertz CT molecular complexity index is 934. The summed E-state index contributed by atoms with van der Waals surface area (Å²) in [7, 11) is 0. The Balaban J connectivity index is 1.51. The lowest BCUT2D eigenvalue weighted by Gasteiger charge is -2.04. The molecular formula is C18H18N4O3S2. The Morgan fingerprint density at radius 1 is 1.22 bits per heavy atom. The molecule has 0 saturated carbocycles. The summed E-state index contributed by atoms with van der Waals surface area (Å²) < 4.78 is 9.05. The number of nitrogens with zero attached hydrogens (tertiary/aromatic N) is 3. The molecule has 0 saturated heterocycles. The van der Waals surface area contributed by atoms with Crippen molar-refractivity contribution in [2.75, 3.05) is 5.32 Å². The molecule has 0 radical (unpaired) electrons. The molecule has 9 heteroatoms. The number of anilines is 1. The van der Waals surface area contributed by atoms with Crippen LogP contribution in [-0.4, -0.2) is 26.4 Å². The third-order valence-corrected chi connectivity index (χ3v) is 5.32. The molecule has 0 atom stereocenters. The molecule has 0 spiro atoms. The Morgan fingerprint density at radius 3 is 2.74 bits per heavy atom. The Morgan fingerprint density at radius 2 is 2.00 bits per heavy atom. The van der Waals surface area contributed by atoms with E-state index in [-0.39, 0.29) is 18.9 Å². The molecule has 0 aliphatic heterocycles. The molecule has 7 nitrogen and oxygen atoms in total. The van der Waals surface area contributed by atoms with Gasteiger partial charge in [-0.05, 0) is 37.0 Å². The monoisotopic (exact) mass is 402 g/mol. The van der Waals surface area contributed by atoms with Crippen LogP contribution in [0.25, 0.3) is 0 Å². The standard InChI is InChI=1S/C18H18N4O3S2/c1-3-14-17(27-22-21-14)18(24)25-9-13-10-26-16(20-13)8-15(23)19-12-6-4-11(2)5-7-12/h4-7,10H,3,8-9H2,1-2H3,(H,19,23). The van der Waals surface area contributed by atoms with Gasteiger partial charge in [-0.1, -0.05) is 29.1 Å². The number of carbonyl (C=O) groups excluding carboxylic acids is 2. The number of aromatic nitrogens is 3. The van der Waals surface area contributed by atoms with Crippen molar-refractivity contribution >= 4 is 40.4 Å². The predicted octanol–water partition coefficient (Wildman–Crippen LogP) is 3.40. The summed E-state index contributed by atoms with van der Waals surface area (Å²) in [5.74, 6) is -0.589. The average Bonchev–Trinajstić information content (AvgIpc) is 3.30. The van der Waals surface area contributed by atoms with Crippen LogP contribution in [0.3, 0.4) is 0 Å². The van der Waals surface area contributed by atoms with E-state index in [9.17, 15) is 9.59 Å². The molecule has 0 aliphatic carbocycles. The number of benzene rings is 1. The van der Waals surface area contributed by atoms with Gasteiger partial charge in [0, 0.05) is 11.1 Å². The van der Waals surface area contributed by atoms with Crippen molar-refractivity contribution in [3.63, 3.8) is 0 Å².